The predicted molar refractivity (Wildman–Crippen MR) is 123 cm³/mol. The van der Waals surface area contributed by atoms with Gasteiger partial charge in [0.25, 0.3) is 0 Å². The Morgan fingerprint density at radius 2 is 2.03 bits per heavy atom. The van der Waals surface area contributed by atoms with Crippen LogP contribution in [-0.2, 0) is 0 Å². The molecule has 1 aromatic carbocycles. The molecule has 0 spiro atoms. The van der Waals surface area contributed by atoms with Crippen molar-refractivity contribution in [2.75, 3.05) is 44.2 Å². The van der Waals surface area contributed by atoms with Crippen LogP contribution in [0.3, 0.4) is 0 Å². The molecule has 4 rings (SSSR count). The van der Waals surface area contributed by atoms with Crippen molar-refractivity contribution in [3.63, 3.8) is 0 Å². The van der Waals surface area contributed by atoms with Crippen LogP contribution in [0.1, 0.15) is 32.6 Å². The van der Waals surface area contributed by atoms with Crippen LogP contribution in [0.4, 0.5) is 14.9 Å². The maximum absolute atomic E-state index is 14.5. The number of benzene rings is 1. The molecule has 1 aromatic heterocycles. The fourth-order valence-corrected chi connectivity index (χ4v) is 5.64. The van der Waals surface area contributed by atoms with Gasteiger partial charge in [0.1, 0.15) is 6.17 Å². The lowest BCUT2D eigenvalue weighted by atomic mass is 9.82. The van der Waals surface area contributed by atoms with Crippen molar-refractivity contribution in [2.45, 2.75) is 44.8 Å². The molecule has 2 amide bonds. The van der Waals surface area contributed by atoms with Gasteiger partial charge in [-0.25, -0.2) is 9.18 Å². The van der Waals surface area contributed by atoms with Crippen molar-refractivity contribution in [1.29, 1.82) is 0 Å². The molecule has 0 bridgehead atoms. The fraction of sp³-hybridized carbons (Fsp3) is 0.609. The van der Waals surface area contributed by atoms with E-state index in [1.165, 1.54) is 15.8 Å². The molecule has 3 unspecified atom stereocenters. The van der Waals surface area contributed by atoms with Gasteiger partial charge in [-0.05, 0) is 68.6 Å². The first-order valence-electron chi connectivity index (χ1n) is 11.3. The van der Waals surface area contributed by atoms with Gasteiger partial charge in [0, 0.05) is 48.5 Å². The highest BCUT2D eigenvalue weighted by molar-refractivity contribution is 7.17. The zero-order valence-electron chi connectivity index (χ0n) is 17.8. The number of fused-ring (bicyclic) bond motifs is 1. The zero-order valence-corrected chi connectivity index (χ0v) is 18.6. The summed E-state index contributed by atoms with van der Waals surface area (Å²) in [5.41, 5.74) is 1.35. The number of rotatable bonds is 6. The quantitative estimate of drug-likeness (QED) is 0.718. The minimum absolute atomic E-state index is 0.250. The lowest BCUT2D eigenvalue weighted by Gasteiger charge is -2.38. The van der Waals surface area contributed by atoms with Gasteiger partial charge in [-0.2, -0.15) is 0 Å². The monoisotopic (exact) mass is 432 g/mol. The van der Waals surface area contributed by atoms with Crippen molar-refractivity contribution >= 4 is 33.1 Å². The van der Waals surface area contributed by atoms with Crippen LogP contribution in [0.25, 0.3) is 10.1 Å². The standard InChI is InChI=1S/C23H33FN4OS/c1-2-25-23(29)26-20-7-6-17(16-19(20)24)8-10-27-11-13-28(14-12-27)21-4-3-5-22-18(21)9-15-30-22/h3-5,9,15,17,19-20H,2,6-8,10-14,16H2,1H3,(H2,25,26,29). The minimum Gasteiger partial charge on any atom is -0.368 e. The highest BCUT2D eigenvalue weighted by atomic mass is 32.1. The normalized spacial score (nSPS) is 25.4. The number of hydrogen-bond donors (Lipinski definition) is 2. The molecular weight excluding hydrogens is 399 g/mol. The molecule has 1 aliphatic heterocycles. The van der Waals surface area contributed by atoms with Gasteiger partial charge in [0.15, 0.2) is 0 Å². The number of hydrogen-bond acceptors (Lipinski definition) is 4. The van der Waals surface area contributed by atoms with Gasteiger partial charge in [0.05, 0.1) is 6.04 Å². The number of thiophene rings is 1. The first-order chi connectivity index (χ1) is 14.6. The van der Waals surface area contributed by atoms with Crippen LogP contribution < -0.4 is 15.5 Å². The fourth-order valence-electron chi connectivity index (χ4n) is 4.83. The van der Waals surface area contributed by atoms with Crippen LogP contribution in [0.15, 0.2) is 29.6 Å². The topological polar surface area (TPSA) is 47.6 Å². The molecular formula is C23H33FN4OS. The third-order valence-corrected chi connectivity index (χ3v) is 7.46. The van der Waals surface area contributed by atoms with Crippen LogP contribution >= 0.6 is 11.3 Å². The number of carbonyl (C=O) groups is 1. The zero-order chi connectivity index (χ0) is 20.9. The van der Waals surface area contributed by atoms with Crippen LogP contribution in [0.5, 0.6) is 0 Å². The molecule has 5 nitrogen and oxygen atoms in total. The Hall–Kier alpha value is -1.86. The van der Waals surface area contributed by atoms with E-state index in [1.807, 2.05) is 6.92 Å². The highest BCUT2D eigenvalue weighted by Crippen LogP contribution is 2.32. The van der Waals surface area contributed by atoms with Crippen LogP contribution in [-0.4, -0.2) is 62.4 Å². The van der Waals surface area contributed by atoms with E-state index >= 15 is 0 Å². The van der Waals surface area contributed by atoms with Crippen molar-refractivity contribution < 1.29 is 9.18 Å². The largest absolute Gasteiger partial charge is 0.368 e. The molecule has 7 heteroatoms. The molecule has 30 heavy (non-hydrogen) atoms. The molecule has 2 fully saturated rings. The Morgan fingerprint density at radius 1 is 1.20 bits per heavy atom. The lowest BCUT2D eigenvalue weighted by molar-refractivity contribution is 0.134. The van der Waals surface area contributed by atoms with Gasteiger partial charge in [-0.1, -0.05) is 6.07 Å². The van der Waals surface area contributed by atoms with Crippen molar-refractivity contribution in [3.8, 4) is 0 Å². The van der Waals surface area contributed by atoms with Crippen LogP contribution in [0.2, 0.25) is 0 Å². The van der Waals surface area contributed by atoms with E-state index in [0.29, 0.717) is 18.9 Å². The summed E-state index contributed by atoms with van der Waals surface area (Å²) in [7, 11) is 0. The summed E-state index contributed by atoms with van der Waals surface area (Å²) in [6, 6.07) is 8.23. The molecule has 0 radical (unpaired) electrons. The number of amides is 2. The first kappa shape index (κ1) is 21.4. The third kappa shape index (κ3) is 5.06. The molecule has 164 valence electrons. The summed E-state index contributed by atoms with van der Waals surface area (Å²) >= 11 is 1.80. The Morgan fingerprint density at radius 3 is 2.80 bits per heavy atom. The first-order valence-corrected chi connectivity index (χ1v) is 12.1. The second-order valence-electron chi connectivity index (χ2n) is 8.53. The molecule has 1 saturated heterocycles. The molecule has 1 saturated carbocycles. The van der Waals surface area contributed by atoms with E-state index in [9.17, 15) is 9.18 Å². The molecule has 3 atom stereocenters. The summed E-state index contributed by atoms with van der Waals surface area (Å²) in [6.07, 6.45) is 2.42. The smallest absolute Gasteiger partial charge is 0.315 e. The number of carbonyl (C=O) groups excluding carboxylic acids is 1. The van der Waals surface area contributed by atoms with Crippen molar-refractivity contribution in [2.24, 2.45) is 5.92 Å². The van der Waals surface area contributed by atoms with E-state index in [-0.39, 0.29) is 12.1 Å². The Bertz CT molecular complexity index is 835. The van der Waals surface area contributed by atoms with Gasteiger partial charge in [-0.15, -0.1) is 11.3 Å². The van der Waals surface area contributed by atoms with Gasteiger partial charge in [0.2, 0.25) is 0 Å². The molecule has 2 aromatic rings. The summed E-state index contributed by atoms with van der Waals surface area (Å²) in [6.45, 7) is 7.69. The van der Waals surface area contributed by atoms with Gasteiger partial charge < -0.3 is 15.5 Å². The maximum atomic E-state index is 14.5. The molecule has 2 aliphatic rings. The van der Waals surface area contributed by atoms with Gasteiger partial charge >= 0.3 is 6.03 Å². The maximum Gasteiger partial charge on any atom is 0.315 e. The second kappa shape index (κ2) is 9.96. The predicted octanol–water partition coefficient (Wildman–Crippen LogP) is 4.24. The number of alkyl halides is 1. The number of urea groups is 1. The highest BCUT2D eigenvalue weighted by Gasteiger charge is 2.31. The number of nitrogens with zero attached hydrogens (tertiary/aromatic N) is 2. The van der Waals surface area contributed by atoms with Gasteiger partial charge in [-0.3, -0.25) is 4.90 Å². The number of anilines is 1. The van der Waals surface area contributed by atoms with E-state index in [0.717, 1.165) is 52.0 Å². The third-order valence-electron chi connectivity index (χ3n) is 6.57. The van der Waals surface area contributed by atoms with E-state index in [1.54, 1.807) is 11.3 Å². The molecule has 2 N–H and O–H groups in total. The van der Waals surface area contributed by atoms with E-state index < -0.39 is 6.17 Å². The average molecular weight is 433 g/mol. The van der Waals surface area contributed by atoms with Crippen molar-refractivity contribution in [1.82, 2.24) is 15.5 Å². The summed E-state index contributed by atoms with van der Waals surface area (Å²) in [5.74, 6) is 0.421. The summed E-state index contributed by atoms with van der Waals surface area (Å²) < 4.78 is 15.9. The second-order valence-corrected chi connectivity index (χ2v) is 9.48. The Balaban J connectivity index is 1.20. The van der Waals surface area contributed by atoms with Crippen LogP contribution in [0, 0.1) is 5.92 Å². The number of nitrogens with one attached hydrogen (secondary N) is 2. The average Bonchev–Trinajstić information content (AvgIpc) is 3.24. The number of piperazine rings is 1. The summed E-state index contributed by atoms with van der Waals surface area (Å²) in [4.78, 5) is 16.7. The number of halogens is 1. The SMILES string of the molecule is CCNC(=O)NC1CCC(CCN2CCN(c3cccc4sccc34)CC2)CC1F. The summed E-state index contributed by atoms with van der Waals surface area (Å²) in [5, 5.41) is 9.01. The van der Waals surface area contributed by atoms with E-state index in [2.05, 4.69) is 50.1 Å². The lowest BCUT2D eigenvalue weighted by Crippen LogP contribution is -2.49. The minimum atomic E-state index is -0.936. The Kier molecular flexibility index (Phi) is 7.10. The van der Waals surface area contributed by atoms with E-state index in [4.69, 9.17) is 0 Å². The molecule has 2 heterocycles. The van der Waals surface area contributed by atoms with Crippen molar-refractivity contribution in [3.05, 3.63) is 29.6 Å². The molecule has 1 aliphatic carbocycles. The Labute approximate surface area is 182 Å².